The molecule has 0 aromatic heterocycles. The number of hydrogen-bond acceptors (Lipinski definition) is 1. The van der Waals surface area contributed by atoms with Crippen molar-refractivity contribution in [2.45, 2.75) is 13.0 Å². The van der Waals surface area contributed by atoms with Gasteiger partial charge in [-0.2, -0.15) is 0 Å². The molecule has 0 bridgehead atoms. The SMILES string of the molecule is C=CN1CC(C)N(C=C)C1=O. The Balaban J connectivity index is 2.78. The minimum absolute atomic E-state index is 0.0394. The second-order valence-corrected chi connectivity index (χ2v) is 2.56. The van der Waals surface area contributed by atoms with E-state index in [4.69, 9.17) is 0 Å². The lowest BCUT2D eigenvalue weighted by atomic mass is 10.3. The lowest BCUT2D eigenvalue weighted by Gasteiger charge is -2.13. The van der Waals surface area contributed by atoms with Gasteiger partial charge < -0.3 is 0 Å². The maximum absolute atomic E-state index is 11.3. The number of carbonyl (C=O) groups excluding carboxylic acids is 1. The first-order chi connectivity index (χ1) is 5.20. The number of hydrogen-bond donors (Lipinski definition) is 0. The standard InChI is InChI=1S/C8H12N2O/c1-4-9-6-7(3)10(5-2)8(9)11/h4-5,7H,1-2,6H2,3H3. The van der Waals surface area contributed by atoms with Gasteiger partial charge in [-0.05, 0) is 6.92 Å². The summed E-state index contributed by atoms with van der Waals surface area (Å²) in [7, 11) is 0. The summed E-state index contributed by atoms with van der Waals surface area (Å²) in [5.41, 5.74) is 0. The van der Waals surface area contributed by atoms with Gasteiger partial charge in [0.15, 0.2) is 0 Å². The summed E-state index contributed by atoms with van der Waals surface area (Å²) in [5.74, 6) is 0. The summed E-state index contributed by atoms with van der Waals surface area (Å²) in [5, 5.41) is 0. The fourth-order valence-corrected chi connectivity index (χ4v) is 1.20. The van der Waals surface area contributed by atoms with E-state index in [-0.39, 0.29) is 12.1 Å². The Morgan fingerprint density at radius 2 is 2.18 bits per heavy atom. The first kappa shape index (κ1) is 7.85. The van der Waals surface area contributed by atoms with E-state index >= 15 is 0 Å². The zero-order valence-corrected chi connectivity index (χ0v) is 6.66. The maximum atomic E-state index is 11.3. The van der Waals surface area contributed by atoms with Gasteiger partial charge in [-0.3, -0.25) is 9.80 Å². The lowest BCUT2D eigenvalue weighted by Crippen LogP contribution is -2.26. The van der Waals surface area contributed by atoms with Gasteiger partial charge in [-0.15, -0.1) is 0 Å². The Morgan fingerprint density at radius 1 is 1.55 bits per heavy atom. The summed E-state index contributed by atoms with van der Waals surface area (Å²) in [6.07, 6.45) is 3.10. The molecule has 0 saturated carbocycles. The third-order valence-corrected chi connectivity index (χ3v) is 1.82. The molecule has 1 rings (SSSR count). The first-order valence-corrected chi connectivity index (χ1v) is 3.54. The highest BCUT2D eigenvalue weighted by molar-refractivity contribution is 5.79. The number of rotatable bonds is 2. The van der Waals surface area contributed by atoms with Gasteiger partial charge in [-0.1, -0.05) is 13.2 Å². The van der Waals surface area contributed by atoms with Crippen LogP contribution < -0.4 is 0 Å². The molecular formula is C8H12N2O. The van der Waals surface area contributed by atoms with Crippen molar-refractivity contribution in [3.63, 3.8) is 0 Å². The second-order valence-electron chi connectivity index (χ2n) is 2.56. The Labute approximate surface area is 66.6 Å². The zero-order valence-electron chi connectivity index (χ0n) is 6.66. The molecule has 1 heterocycles. The molecule has 0 spiro atoms. The minimum atomic E-state index is -0.0394. The van der Waals surface area contributed by atoms with Gasteiger partial charge in [0.05, 0.1) is 6.04 Å². The van der Waals surface area contributed by atoms with E-state index in [0.717, 1.165) is 0 Å². The van der Waals surface area contributed by atoms with E-state index in [0.29, 0.717) is 6.54 Å². The van der Waals surface area contributed by atoms with Gasteiger partial charge in [0.25, 0.3) is 0 Å². The quantitative estimate of drug-likeness (QED) is 0.586. The van der Waals surface area contributed by atoms with Crippen LogP contribution in [0.4, 0.5) is 4.79 Å². The van der Waals surface area contributed by atoms with E-state index in [1.54, 1.807) is 22.2 Å². The van der Waals surface area contributed by atoms with Crippen molar-refractivity contribution in [1.82, 2.24) is 9.80 Å². The molecule has 1 aliphatic heterocycles. The highest BCUT2D eigenvalue weighted by Crippen LogP contribution is 2.15. The molecule has 1 fully saturated rings. The van der Waals surface area contributed by atoms with Crippen LogP contribution in [0.5, 0.6) is 0 Å². The average Bonchev–Trinajstić information content (AvgIpc) is 2.26. The Hall–Kier alpha value is -1.25. The third-order valence-electron chi connectivity index (χ3n) is 1.82. The summed E-state index contributed by atoms with van der Waals surface area (Å²) >= 11 is 0. The molecule has 0 N–H and O–H groups in total. The Bertz CT molecular complexity index is 200. The van der Waals surface area contributed by atoms with Crippen molar-refractivity contribution in [2.24, 2.45) is 0 Å². The number of amides is 2. The fraction of sp³-hybridized carbons (Fsp3) is 0.375. The van der Waals surface area contributed by atoms with Crippen molar-refractivity contribution in [1.29, 1.82) is 0 Å². The van der Waals surface area contributed by atoms with Crippen molar-refractivity contribution < 1.29 is 4.79 Å². The van der Waals surface area contributed by atoms with Crippen molar-refractivity contribution >= 4 is 6.03 Å². The van der Waals surface area contributed by atoms with E-state index in [2.05, 4.69) is 13.2 Å². The number of carbonyl (C=O) groups is 1. The highest BCUT2D eigenvalue weighted by Gasteiger charge is 2.30. The molecular weight excluding hydrogens is 140 g/mol. The van der Waals surface area contributed by atoms with Crippen LogP contribution in [0.1, 0.15) is 6.92 Å². The van der Waals surface area contributed by atoms with E-state index in [9.17, 15) is 4.79 Å². The Morgan fingerprint density at radius 3 is 2.45 bits per heavy atom. The topological polar surface area (TPSA) is 23.6 Å². The largest absolute Gasteiger partial charge is 0.328 e. The summed E-state index contributed by atoms with van der Waals surface area (Å²) in [6.45, 7) is 9.77. The summed E-state index contributed by atoms with van der Waals surface area (Å²) < 4.78 is 0. The molecule has 3 nitrogen and oxygen atoms in total. The predicted octanol–water partition coefficient (Wildman–Crippen LogP) is 1.40. The van der Waals surface area contributed by atoms with Crippen LogP contribution in [0.25, 0.3) is 0 Å². The summed E-state index contributed by atoms with van der Waals surface area (Å²) in [4.78, 5) is 14.5. The number of nitrogens with zero attached hydrogens (tertiary/aromatic N) is 2. The minimum Gasteiger partial charge on any atom is -0.299 e. The van der Waals surface area contributed by atoms with E-state index in [1.807, 2.05) is 6.92 Å². The molecule has 60 valence electrons. The first-order valence-electron chi connectivity index (χ1n) is 3.54. The molecule has 0 aromatic carbocycles. The highest BCUT2D eigenvalue weighted by atomic mass is 16.2. The van der Waals surface area contributed by atoms with Crippen LogP contribution in [-0.4, -0.2) is 28.4 Å². The van der Waals surface area contributed by atoms with Gasteiger partial charge in [-0.25, -0.2) is 4.79 Å². The normalized spacial score (nSPS) is 24.1. The van der Waals surface area contributed by atoms with Crippen molar-refractivity contribution in [2.75, 3.05) is 6.54 Å². The van der Waals surface area contributed by atoms with Crippen molar-refractivity contribution in [3.8, 4) is 0 Å². The van der Waals surface area contributed by atoms with Crippen LogP contribution in [0, 0.1) is 0 Å². The fourth-order valence-electron chi connectivity index (χ4n) is 1.20. The Kier molecular flexibility index (Phi) is 1.98. The second kappa shape index (κ2) is 2.78. The molecule has 0 aromatic rings. The molecule has 0 aliphatic carbocycles. The zero-order chi connectivity index (χ0) is 8.43. The number of urea groups is 1. The monoisotopic (exact) mass is 152 g/mol. The molecule has 0 radical (unpaired) electrons. The van der Waals surface area contributed by atoms with Gasteiger partial charge in [0.2, 0.25) is 0 Å². The lowest BCUT2D eigenvalue weighted by molar-refractivity contribution is 0.211. The van der Waals surface area contributed by atoms with E-state index < -0.39 is 0 Å². The molecule has 1 unspecified atom stereocenters. The third kappa shape index (κ3) is 1.13. The van der Waals surface area contributed by atoms with Crippen LogP contribution in [0.2, 0.25) is 0 Å². The summed E-state index contributed by atoms with van der Waals surface area (Å²) in [6, 6.07) is 0.167. The van der Waals surface area contributed by atoms with Gasteiger partial charge in [0.1, 0.15) is 0 Å². The van der Waals surface area contributed by atoms with Gasteiger partial charge in [0, 0.05) is 18.9 Å². The van der Waals surface area contributed by atoms with Crippen molar-refractivity contribution in [3.05, 3.63) is 25.6 Å². The molecule has 1 saturated heterocycles. The van der Waals surface area contributed by atoms with Crippen LogP contribution in [0.3, 0.4) is 0 Å². The molecule has 3 heteroatoms. The van der Waals surface area contributed by atoms with Crippen LogP contribution in [0.15, 0.2) is 25.6 Å². The molecule has 1 aliphatic rings. The molecule has 11 heavy (non-hydrogen) atoms. The van der Waals surface area contributed by atoms with E-state index in [1.165, 1.54) is 0 Å². The maximum Gasteiger partial charge on any atom is 0.328 e. The van der Waals surface area contributed by atoms with Crippen LogP contribution >= 0.6 is 0 Å². The van der Waals surface area contributed by atoms with Crippen LogP contribution in [-0.2, 0) is 0 Å². The molecule has 2 amide bonds. The molecule has 1 atom stereocenters. The predicted molar refractivity (Wildman–Crippen MR) is 43.8 cm³/mol. The average molecular weight is 152 g/mol. The smallest absolute Gasteiger partial charge is 0.299 e. The van der Waals surface area contributed by atoms with Gasteiger partial charge >= 0.3 is 6.03 Å².